The Bertz CT molecular complexity index is 857. The van der Waals surface area contributed by atoms with Gasteiger partial charge in [-0.2, -0.15) is 0 Å². The van der Waals surface area contributed by atoms with Gasteiger partial charge in [0.15, 0.2) is 0 Å². The quantitative estimate of drug-likeness (QED) is 0.800. The lowest BCUT2D eigenvalue weighted by molar-refractivity contribution is 0.192. The summed E-state index contributed by atoms with van der Waals surface area (Å²) in [5.74, 6) is 0.694. The molecular weight excluding hydrogens is 286 g/mol. The van der Waals surface area contributed by atoms with Crippen LogP contribution in [0, 0.1) is 0 Å². The van der Waals surface area contributed by atoms with E-state index in [1.165, 1.54) is 5.56 Å². The molecule has 3 rings (SSSR count). The zero-order chi connectivity index (χ0) is 16.4. The van der Waals surface area contributed by atoms with E-state index in [-0.39, 0.29) is 17.6 Å². The molecule has 4 nitrogen and oxygen atoms in total. The van der Waals surface area contributed by atoms with Gasteiger partial charge in [0.2, 0.25) is 0 Å². The highest BCUT2D eigenvalue weighted by Crippen LogP contribution is 2.26. The molecule has 0 saturated carbocycles. The normalized spacial score (nSPS) is 14.1. The van der Waals surface area contributed by atoms with Crippen LogP contribution in [0.4, 0.5) is 0 Å². The molecule has 0 aliphatic rings. The van der Waals surface area contributed by atoms with E-state index < -0.39 is 0 Å². The highest BCUT2D eigenvalue weighted by Gasteiger charge is 2.21. The van der Waals surface area contributed by atoms with Gasteiger partial charge in [-0.15, -0.1) is 0 Å². The second kappa shape index (κ2) is 6.34. The van der Waals surface area contributed by atoms with Gasteiger partial charge in [0, 0.05) is 6.04 Å². The van der Waals surface area contributed by atoms with E-state index in [1.54, 1.807) is 6.07 Å². The summed E-state index contributed by atoms with van der Waals surface area (Å²) in [6, 6.07) is 18.0. The Balaban J connectivity index is 1.93. The molecular formula is C19H21N3O. The smallest absolute Gasteiger partial charge is 0.258 e. The van der Waals surface area contributed by atoms with Gasteiger partial charge in [-0.25, -0.2) is 4.98 Å². The van der Waals surface area contributed by atoms with Crippen LogP contribution in [0.5, 0.6) is 0 Å². The van der Waals surface area contributed by atoms with Crippen molar-refractivity contribution in [1.29, 1.82) is 0 Å². The van der Waals surface area contributed by atoms with E-state index in [0.717, 1.165) is 5.52 Å². The van der Waals surface area contributed by atoms with Crippen molar-refractivity contribution in [3.8, 4) is 0 Å². The van der Waals surface area contributed by atoms with Gasteiger partial charge in [0.1, 0.15) is 5.82 Å². The number of rotatable bonds is 4. The van der Waals surface area contributed by atoms with Crippen molar-refractivity contribution in [1.82, 2.24) is 14.9 Å². The Hall–Kier alpha value is -2.46. The minimum Gasteiger partial charge on any atom is -0.309 e. The second-order valence-corrected chi connectivity index (χ2v) is 5.90. The number of fused-ring (bicyclic) bond motifs is 1. The predicted octanol–water partition coefficient (Wildman–Crippen LogP) is 3.68. The van der Waals surface area contributed by atoms with Gasteiger partial charge in [-0.3, -0.25) is 9.69 Å². The topological polar surface area (TPSA) is 49.0 Å². The number of hydrogen-bond donors (Lipinski definition) is 1. The minimum atomic E-state index is -0.0850. The molecule has 3 aromatic rings. The molecule has 23 heavy (non-hydrogen) atoms. The average Bonchev–Trinajstić information content (AvgIpc) is 2.60. The standard InChI is InChI=1S/C19H21N3O/c1-13(15-9-5-4-6-10-15)22(3)14(2)18-20-17-12-8-7-11-16(17)19(23)21-18/h4-14H,1-3H3,(H,20,21,23)/t13-,14+/m1/s1. The molecule has 0 radical (unpaired) electrons. The van der Waals surface area contributed by atoms with Crippen LogP contribution in [0.2, 0.25) is 0 Å². The molecule has 0 fully saturated rings. The van der Waals surface area contributed by atoms with Crippen LogP contribution in [-0.4, -0.2) is 21.9 Å². The Labute approximate surface area is 135 Å². The van der Waals surface area contributed by atoms with Crippen molar-refractivity contribution in [2.24, 2.45) is 0 Å². The molecule has 0 aliphatic carbocycles. The van der Waals surface area contributed by atoms with Gasteiger partial charge < -0.3 is 4.98 Å². The Morgan fingerprint density at radius 1 is 0.957 bits per heavy atom. The molecule has 118 valence electrons. The first-order valence-electron chi connectivity index (χ1n) is 7.84. The van der Waals surface area contributed by atoms with Gasteiger partial charge >= 0.3 is 0 Å². The molecule has 1 aromatic heterocycles. The van der Waals surface area contributed by atoms with Crippen LogP contribution < -0.4 is 5.56 Å². The number of para-hydroxylation sites is 1. The molecule has 2 aromatic carbocycles. The fraction of sp³-hybridized carbons (Fsp3) is 0.263. The van der Waals surface area contributed by atoms with Crippen LogP contribution in [0.1, 0.15) is 37.3 Å². The van der Waals surface area contributed by atoms with Crippen LogP contribution >= 0.6 is 0 Å². The number of nitrogens with one attached hydrogen (secondary N) is 1. The highest BCUT2D eigenvalue weighted by atomic mass is 16.1. The van der Waals surface area contributed by atoms with Crippen molar-refractivity contribution in [2.45, 2.75) is 25.9 Å². The SMILES string of the molecule is C[C@H](c1ccccc1)N(C)[C@@H](C)c1nc2ccccc2c(=O)[nH]1. The lowest BCUT2D eigenvalue weighted by Crippen LogP contribution is -2.28. The molecule has 4 heteroatoms. The molecule has 1 heterocycles. The maximum atomic E-state index is 12.3. The van der Waals surface area contributed by atoms with Gasteiger partial charge in [0.25, 0.3) is 5.56 Å². The number of nitrogens with zero attached hydrogens (tertiary/aromatic N) is 2. The predicted molar refractivity (Wildman–Crippen MR) is 93.4 cm³/mol. The third kappa shape index (κ3) is 3.03. The Morgan fingerprint density at radius 3 is 2.35 bits per heavy atom. The van der Waals surface area contributed by atoms with E-state index in [9.17, 15) is 4.79 Å². The summed E-state index contributed by atoms with van der Waals surface area (Å²) in [6.45, 7) is 4.22. The first-order chi connectivity index (χ1) is 11.1. The highest BCUT2D eigenvalue weighted by molar-refractivity contribution is 5.77. The van der Waals surface area contributed by atoms with Crippen molar-refractivity contribution >= 4 is 10.9 Å². The average molecular weight is 307 g/mol. The van der Waals surface area contributed by atoms with Crippen molar-refractivity contribution in [2.75, 3.05) is 7.05 Å². The lowest BCUT2D eigenvalue weighted by Gasteiger charge is -2.30. The van der Waals surface area contributed by atoms with Crippen molar-refractivity contribution in [3.63, 3.8) is 0 Å². The molecule has 0 saturated heterocycles. The monoisotopic (exact) mass is 307 g/mol. The summed E-state index contributed by atoms with van der Waals surface area (Å²) >= 11 is 0. The maximum absolute atomic E-state index is 12.3. The van der Waals surface area contributed by atoms with Gasteiger partial charge in [-0.05, 0) is 38.6 Å². The number of H-pyrrole nitrogens is 1. The summed E-state index contributed by atoms with van der Waals surface area (Å²) < 4.78 is 0. The first-order valence-corrected chi connectivity index (χ1v) is 7.84. The van der Waals surface area contributed by atoms with Crippen LogP contribution in [0.25, 0.3) is 10.9 Å². The van der Waals surface area contributed by atoms with Gasteiger partial charge in [0.05, 0.1) is 16.9 Å². The molecule has 0 bridgehead atoms. The Kier molecular flexibility index (Phi) is 4.26. The van der Waals surface area contributed by atoms with Crippen molar-refractivity contribution < 1.29 is 0 Å². The third-order valence-electron chi connectivity index (χ3n) is 4.53. The van der Waals surface area contributed by atoms with Gasteiger partial charge in [-0.1, -0.05) is 42.5 Å². The number of hydrogen-bond acceptors (Lipinski definition) is 3. The summed E-state index contributed by atoms with van der Waals surface area (Å²) in [7, 11) is 2.05. The van der Waals surface area contributed by atoms with Crippen molar-refractivity contribution in [3.05, 3.63) is 76.3 Å². The van der Waals surface area contributed by atoms with E-state index in [1.807, 2.05) is 36.4 Å². The molecule has 0 amide bonds. The molecule has 1 N–H and O–H groups in total. The molecule has 0 spiro atoms. The summed E-state index contributed by atoms with van der Waals surface area (Å²) in [5.41, 5.74) is 1.89. The van der Waals surface area contributed by atoms with E-state index in [0.29, 0.717) is 11.2 Å². The fourth-order valence-corrected chi connectivity index (χ4v) is 2.80. The molecule has 2 atom stereocenters. The third-order valence-corrected chi connectivity index (χ3v) is 4.53. The van der Waals surface area contributed by atoms with Crippen LogP contribution in [-0.2, 0) is 0 Å². The number of aromatic amines is 1. The summed E-state index contributed by atoms with van der Waals surface area (Å²) in [5, 5.41) is 0.627. The lowest BCUT2D eigenvalue weighted by atomic mass is 10.1. The second-order valence-electron chi connectivity index (χ2n) is 5.90. The fourth-order valence-electron chi connectivity index (χ4n) is 2.80. The van der Waals surface area contributed by atoms with E-state index in [2.05, 4.69) is 47.9 Å². The molecule has 0 unspecified atom stereocenters. The maximum Gasteiger partial charge on any atom is 0.258 e. The summed E-state index contributed by atoms with van der Waals surface area (Å²) in [4.78, 5) is 22.0. The van der Waals surface area contributed by atoms with E-state index in [4.69, 9.17) is 0 Å². The first kappa shape index (κ1) is 15.4. The zero-order valence-corrected chi connectivity index (χ0v) is 13.7. The number of benzene rings is 2. The molecule has 0 aliphatic heterocycles. The van der Waals surface area contributed by atoms with E-state index >= 15 is 0 Å². The summed E-state index contributed by atoms with van der Waals surface area (Å²) in [6.07, 6.45) is 0. The zero-order valence-electron chi connectivity index (χ0n) is 13.7. The Morgan fingerprint density at radius 2 is 1.61 bits per heavy atom. The number of aromatic nitrogens is 2. The minimum absolute atomic E-state index is 0.00233. The van der Waals surface area contributed by atoms with Crippen LogP contribution in [0.15, 0.2) is 59.4 Å². The largest absolute Gasteiger partial charge is 0.309 e. The van der Waals surface area contributed by atoms with Crippen LogP contribution in [0.3, 0.4) is 0 Å².